The molecule has 1 aliphatic heterocycles. The Morgan fingerprint density at radius 2 is 1.67 bits per heavy atom. The van der Waals surface area contributed by atoms with Crippen molar-refractivity contribution in [2.75, 3.05) is 11.5 Å². The lowest BCUT2D eigenvalue weighted by Crippen LogP contribution is -2.47. The summed E-state index contributed by atoms with van der Waals surface area (Å²) in [6, 6.07) is 10.7. The Hall–Kier alpha value is -0.123. The topological polar surface area (TPSA) is 0 Å². The van der Waals surface area contributed by atoms with Crippen LogP contribution in [0.5, 0.6) is 0 Å². The van der Waals surface area contributed by atoms with E-state index in [-0.39, 0.29) is 0 Å². The monoisotopic (exact) mass is 294 g/mol. The van der Waals surface area contributed by atoms with Gasteiger partial charge in [-0.15, -0.1) is 23.5 Å². The first-order valence-corrected chi connectivity index (χ1v) is 12.0. The van der Waals surface area contributed by atoms with Crippen LogP contribution in [0, 0.1) is 0 Å². The van der Waals surface area contributed by atoms with Crippen LogP contribution >= 0.6 is 23.5 Å². The van der Waals surface area contributed by atoms with Crippen molar-refractivity contribution in [2.45, 2.75) is 29.8 Å². The molecule has 0 radical (unpaired) electrons. The summed E-state index contributed by atoms with van der Waals surface area (Å²) in [6.07, 6.45) is 6.17. The zero-order valence-corrected chi connectivity index (χ0v) is 14.1. The lowest BCUT2D eigenvalue weighted by molar-refractivity contribution is 1.09. The highest BCUT2D eigenvalue weighted by molar-refractivity contribution is 8.21. The molecule has 0 unspecified atom stereocenters. The van der Waals surface area contributed by atoms with Crippen molar-refractivity contribution in [1.82, 2.24) is 0 Å². The highest BCUT2D eigenvalue weighted by Gasteiger charge is 2.43. The molecule has 1 saturated heterocycles. The van der Waals surface area contributed by atoms with Crippen molar-refractivity contribution >= 4 is 37.7 Å². The second kappa shape index (κ2) is 5.89. The third-order valence-electron chi connectivity index (χ3n) is 3.26. The molecule has 1 aromatic carbocycles. The molecule has 0 nitrogen and oxygen atoms in total. The van der Waals surface area contributed by atoms with Crippen LogP contribution in [0.4, 0.5) is 0 Å². The molecule has 1 aromatic rings. The van der Waals surface area contributed by atoms with E-state index < -0.39 is 8.07 Å². The summed E-state index contributed by atoms with van der Waals surface area (Å²) in [7, 11) is -1.22. The fourth-order valence-electron chi connectivity index (χ4n) is 2.10. The Labute approximate surface area is 121 Å². The minimum atomic E-state index is -1.22. The Morgan fingerprint density at radius 1 is 1.06 bits per heavy atom. The van der Waals surface area contributed by atoms with Gasteiger partial charge in [0.15, 0.2) is 0 Å². The molecule has 0 bridgehead atoms. The van der Waals surface area contributed by atoms with E-state index in [0.717, 1.165) is 0 Å². The molecule has 0 aliphatic carbocycles. The van der Waals surface area contributed by atoms with E-state index in [1.807, 2.05) is 0 Å². The third kappa shape index (κ3) is 3.25. The molecule has 0 spiro atoms. The zero-order chi connectivity index (χ0) is 13.1. The van der Waals surface area contributed by atoms with Crippen molar-refractivity contribution in [3.05, 3.63) is 42.0 Å². The number of hydrogen-bond acceptors (Lipinski definition) is 2. The molecule has 2 rings (SSSR count). The fourth-order valence-corrected chi connectivity index (χ4v) is 9.29. The average molecular weight is 295 g/mol. The molecule has 18 heavy (non-hydrogen) atoms. The number of thioether (sulfide) groups is 2. The first-order valence-electron chi connectivity index (χ1n) is 6.56. The normalized spacial score (nSPS) is 20.2. The van der Waals surface area contributed by atoms with Crippen molar-refractivity contribution in [2.24, 2.45) is 0 Å². The van der Waals surface area contributed by atoms with Gasteiger partial charge in [-0.25, -0.2) is 0 Å². The Kier molecular flexibility index (Phi) is 4.68. The second-order valence-corrected chi connectivity index (χ2v) is 14.7. The number of rotatable bonds is 3. The molecule has 0 atom stereocenters. The van der Waals surface area contributed by atoms with Gasteiger partial charge in [0, 0.05) is 0 Å². The largest absolute Gasteiger partial charge is 0.144 e. The van der Waals surface area contributed by atoms with Gasteiger partial charge in [0.2, 0.25) is 0 Å². The van der Waals surface area contributed by atoms with E-state index in [1.54, 1.807) is 0 Å². The third-order valence-corrected chi connectivity index (χ3v) is 12.9. The molecule has 3 heteroatoms. The van der Waals surface area contributed by atoms with E-state index in [1.165, 1.54) is 23.5 Å². The second-order valence-electron chi connectivity index (χ2n) is 5.71. The summed E-state index contributed by atoms with van der Waals surface area (Å²) >= 11 is 4.35. The quantitative estimate of drug-likeness (QED) is 0.708. The van der Waals surface area contributed by atoms with Crippen LogP contribution in [0.3, 0.4) is 0 Å². The van der Waals surface area contributed by atoms with Crippen LogP contribution < -0.4 is 0 Å². The van der Waals surface area contributed by atoms with Crippen molar-refractivity contribution < 1.29 is 0 Å². The lowest BCUT2D eigenvalue weighted by Gasteiger charge is -2.43. The first kappa shape index (κ1) is 14.3. The summed E-state index contributed by atoms with van der Waals surface area (Å²) in [4.78, 5) is 0. The average Bonchev–Trinajstić information content (AvgIpc) is 2.37. The molecule has 1 fully saturated rings. The van der Waals surface area contributed by atoms with E-state index in [2.05, 4.69) is 85.6 Å². The summed E-state index contributed by atoms with van der Waals surface area (Å²) in [5, 5.41) is 0. The number of hydrogen-bond donors (Lipinski definition) is 0. The van der Waals surface area contributed by atoms with Crippen molar-refractivity contribution in [1.29, 1.82) is 0 Å². The van der Waals surface area contributed by atoms with Gasteiger partial charge < -0.3 is 0 Å². The van der Waals surface area contributed by atoms with Gasteiger partial charge in [0.1, 0.15) is 0 Å². The van der Waals surface area contributed by atoms with Crippen LogP contribution in [0.25, 0.3) is 6.08 Å². The first-order chi connectivity index (χ1) is 8.54. The molecular weight excluding hydrogens is 272 g/mol. The molecular formula is C15H22S2Si. The zero-order valence-electron chi connectivity index (χ0n) is 11.5. The van der Waals surface area contributed by atoms with Gasteiger partial charge in [-0.2, -0.15) is 0 Å². The van der Waals surface area contributed by atoms with Gasteiger partial charge in [0.25, 0.3) is 0 Å². The Morgan fingerprint density at radius 3 is 2.22 bits per heavy atom. The van der Waals surface area contributed by atoms with Crippen LogP contribution in [0.15, 0.2) is 36.4 Å². The van der Waals surface area contributed by atoms with Gasteiger partial charge in [-0.05, 0) is 23.5 Å². The van der Waals surface area contributed by atoms with Crippen LogP contribution in [0.2, 0.25) is 19.6 Å². The lowest BCUT2D eigenvalue weighted by atomic mass is 10.2. The highest BCUT2D eigenvalue weighted by Crippen LogP contribution is 2.49. The van der Waals surface area contributed by atoms with Gasteiger partial charge in [0.05, 0.1) is 11.8 Å². The molecule has 0 N–H and O–H groups in total. The van der Waals surface area contributed by atoms with Crippen LogP contribution in [-0.4, -0.2) is 23.3 Å². The van der Waals surface area contributed by atoms with Crippen molar-refractivity contribution in [3.63, 3.8) is 0 Å². The molecule has 1 aliphatic rings. The minimum absolute atomic E-state index is 0.362. The maximum Gasteiger partial charge on any atom is 0.0801 e. The van der Waals surface area contributed by atoms with E-state index in [9.17, 15) is 0 Å². The molecule has 0 amide bonds. The summed E-state index contributed by atoms with van der Waals surface area (Å²) < 4.78 is 0.362. The van der Waals surface area contributed by atoms with Crippen molar-refractivity contribution in [3.8, 4) is 0 Å². The van der Waals surface area contributed by atoms with Gasteiger partial charge >= 0.3 is 0 Å². The predicted molar refractivity (Wildman–Crippen MR) is 91.1 cm³/mol. The summed E-state index contributed by atoms with van der Waals surface area (Å²) in [5.41, 5.74) is 1.32. The summed E-state index contributed by atoms with van der Waals surface area (Å²) in [6.45, 7) is 7.48. The highest BCUT2D eigenvalue weighted by atomic mass is 32.2. The smallest absolute Gasteiger partial charge is 0.0801 e. The molecule has 0 saturated carbocycles. The molecule has 1 heterocycles. The van der Waals surface area contributed by atoms with Crippen LogP contribution in [0.1, 0.15) is 12.0 Å². The minimum Gasteiger partial charge on any atom is -0.144 e. The van der Waals surface area contributed by atoms with Gasteiger partial charge in [-0.1, -0.05) is 62.1 Å². The van der Waals surface area contributed by atoms with Gasteiger partial charge in [-0.3, -0.25) is 0 Å². The van der Waals surface area contributed by atoms with E-state index in [0.29, 0.717) is 3.70 Å². The molecule has 0 aromatic heterocycles. The maximum absolute atomic E-state index is 2.49. The SMILES string of the molecule is C[Si](C)(C)C1(/C=C/c2ccccc2)SCCCS1. The Balaban J connectivity index is 2.23. The maximum atomic E-state index is 2.49. The number of benzene rings is 1. The Bertz CT molecular complexity index is 400. The van der Waals surface area contributed by atoms with E-state index in [4.69, 9.17) is 0 Å². The standard InChI is InChI=1S/C15H22S2Si/c1-18(2,3)15(16-12-7-13-17-15)11-10-14-8-5-4-6-9-14/h4-6,8-11H,7,12-13H2,1-3H3/b11-10+. The fraction of sp³-hybridized carbons (Fsp3) is 0.467. The van der Waals surface area contributed by atoms with E-state index >= 15 is 0 Å². The predicted octanol–water partition coefficient (Wildman–Crippen LogP) is 5.14. The molecule has 98 valence electrons. The summed E-state index contributed by atoms with van der Waals surface area (Å²) in [5.74, 6) is 2.63. The van der Waals surface area contributed by atoms with Crippen LogP contribution in [-0.2, 0) is 0 Å².